The lowest BCUT2D eigenvalue weighted by Gasteiger charge is -2.32. The van der Waals surface area contributed by atoms with E-state index >= 15 is 0 Å². The van der Waals surface area contributed by atoms with E-state index in [1.807, 2.05) is 30.8 Å². The molecule has 3 heteroatoms. The fourth-order valence-corrected chi connectivity index (χ4v) is 3.53. The highest BCUT2D eigenvalue weighted by Crippen LogP contribution is 2.27. The Balaban J connectivity index is 2.01. The first-order valence-corrected chi connectivity index (χ1v) is 7.35. The van der Waals surface area contributed by atoms with Gasteiger partial charge in [-0.2, -0.15) is 11.8 Å². The van der Waals surface area contributed by atoms with Crippen molar-refractivity contribution in [3.8, 4) is 0 Å². The Labute approximate surface area is 107 Å². The fraction of sp³-hybridized carbons (Fsp3) is 0.571. The van der Waals surface area contributed by atoms with Crippen molar-refractivity contribution < 1.29 is 4.39 Å². The summed E-state index contributed by atoms with van der Waals surface area (Å²) in [5, 5.41) is 4.19. The van der Waals surface area contributed by atoms with Gasteiger partial charge in [0, 0.05) is 22.9 Å². The Hall–Kier alpha value is -0.540. The Bertz CT molecular complexity index is 369. The van der Waals surface area contributed by atoms with Gasteiger partial charge in [0.15, 0.2) is 0 Å². The fourth-order valence-electron chi connectivity index (χ4n) is 2.38. The van der Waals surface area contributed by atoms with E-state index in [0.29, 0.717) is 11.3 Å². The van der Waals surface area contributed by atoms with E-state index in [-0.39, 0.29) is 11.9 Å². The van der Waals surface area contributed by atoms with Gasteiger partial charge in [-0.15, -0.1) is 0 Å². The van der Waals surface area contributed by atoms with Gasteiger partial charge < -0.3 is 5.32 Å². The van der Waals surface area contributed by atoms with Crippen molar-refractivity contribution in [2.45, 2.75) is 44.0 Å². The van der Waals surface area contributed by atoms with Gasteiger partial charge in [0.05, 0.1) is 0 Å². The molecule has 2 unspecified atom stereocenters. The summed E-state index contributed by atoms with van der Waals surface area (Å²) < 4.78 is 13.6. The summed E-state index contributed by atoms with van der Waals surface area (Å²) in [6.07, 6.45) is 2.46. The molecule has 0 aliphatic carbocycles. The molecule has 1 N–H and O–H groups in total. The molecule has 0 bridgehead atoms. The maximum Gasteiger partial charge on any atom is 0.127 e. The molecule has 1 nitrogen and oxygen atoms in total. The first-order valence-electron chi connectivity index (χ1n) is 6.30. The van der Waals surface area contributed by atoms with Crippen LogP contribution < -0.4 is 5.32 Å². The lowest BCUT2D eigenvalue weighted by molar-refractivity contribution is 0.409. The molecule has 94 valence electrons. The standard InChI is InChI=1S/C14H20FNS/c1-10(12-6-3-4-7-13(12)15)16-14-8-5-9-17-11(14)2/h3-4,6-7,10-11,14,16H,5,8-9H2,1-2H3/t10-,11?,14?/m1/s1. The molecule has 1 heterocycles. The van der Waals surface area contributed by atoms with Gasteiger partial charge in [0.1, 0.15) is 5.82 Å². The van der Waals surface area contributed by atoms with E-state index in [9.17, 15) is 4.39 Å². The van der Waals surface area contributed by atoms with Crippen molar-refractivity contribution >= 4 is 11.8 Å². The number of nitrogens with one attached hydrogen (secondary N) is 1. The van der Waals surface area contributed by atoms with Crippen molar-refractivity contribution in [3.05, 3.63) is 35.6 Å². The summed E-state index contributed by atoms with van der Waals surface area (Å²) in [6.45, 7) is 4.31. The molecule has 1 fully saturated rings. The average molecular weight is 253 g/mol. The van der Waals surface area contributed by atoms with Crippen LogP contribution >= 0.6 is 11.8 Å². The number of hydrogen-bond acceptors (Lipinski definition) is 2. The molecule has 0 spiro atoms. The topological polar surface area (TPSA) is 12.0 Å². The minimum atomic E-state index is -0.108. The molecule has 0 radical (unpaired) electrons. The molecule has 1 aliphatic rings. The van der Waals surface area contributed by atoms with Crippen LogP contribution in [0, 0.1) is 5.82 Å². The number of thioether (sulfide) groups is 1. The van der Waals surface area contributed by atoms with Crippen LogP contribution in [0.25, 0.3) is 0 Å². The molecule has 2 rings (SSSR count). The van der Waals surface area contributed by atoms with Crippen LogP contribution in [-0.4, -0.2) is 17.0 Å². The van der Waals surface area contributed by atoms with Crippen molar-refractivity contribution in [2.24, 2.45) is 0 Å². The Morgan fingerprint density at radius 3 is 2.88 bits per heavy atom. The maximum atomic E-state index is 13.6. The Morgan fingerprint density at radius 2 is 2.18 bits per heavy atom. The predicted octanol–water partition coefficient (Wildman–Crippen LogP) is 3.76. The molecule has 0 saturated carbocycles. The van der Waals surface area contributed by atoms with Crippen LogP contribution in [0.4, 0.5) is 4.39 Å². The zero-order chi connectivity index (χ0) is 12.3. The first kappa shape index (κ1) is 12.9. The van der Waals surface area contributed by atoms with E-state index in [2.05, 4.69) is 12.2 Å². The molecular weight excluding hydrogens is 233 g/mol. The van der Waals surface area contributed by atoms with Crippen molar-refractivity contribution in [1.82, 2.24) is 5.32 Å². The minimum Gasteiger partial charge on any atom is -0.306 e. The SMILES string of the molecule is CC1SCCCC1N[C@H](C)c1ccccc1F. The van der Waals surface area contributed by atoms with Crippen LogP contribution in [-0.2, 0) is 0 Å². The molecule has 1 saturated heterocycles. The molecule has 1 aromatic carbocycles. The van der Waals surface area contributed by atoms with Crippen LogP contribution in [0.1, 0.15) is 38.3 Å². The summed E-state index contributed by atoms with van der Waals surface area (Å²) in [5.41, 5.74) is 0.773. The first-order chi connectivity index (χ1) is 8.18. The summed E-state index contributed by atoms with van der Waals surface area (Å²) in [7, 11) is 0. The summed E-state index contributed by atoms with van der Waals surface area (Å²) >= 11 is 2.01. The third kappa shape index (κ3) is 3.23. The lowest BCUT2D eigenvalue weighted by Crippen LogP contribution is -2.40. The van der Waals surface area contributed by atoms with E-state index in [1.165, 1.54) is 24.7 Å². The van der Waals surface area contributed by atoms with Crippen LogP contribution in [0.3, 0.4) is 0 Å². The van der Waals surface area contributed by atoms with E-state index in [0.717, 1.165) is 5.56 Å². The van der Waals surface area contributed by atoms with Gasteiger partial charge in [0.25, 0.3) is 0 Å². The second-order valence-electron chi connectivity index (χ2n) is 4.73. The average Bonchev–Trinajstić information content (AvgIpc) is 2.32. The third-order valence-corrected chi connectivity index (χ3v) is 4.82. The third-order valence-electron chi connectivity index (χ3n) is 3.44. The summed E-state index contributed by atoms with van der Waals surface area (Å²) in [5.74, 6) is 1.15. The Morgan fingerprint density at radius 1 is 1.41 bits per heavy atom. The molecule has 0 amide bonds. The number of halogens is 1. The quantitative estimate of drug-likeness (QED) is 0.880. The monoisotopic (exact) mass is 253 g/mol. The predicted molar refractivity (Wildman–Crippen MR) is 72.9 cm³/mol. The number of hydrogen-bond donors (Lipinski definition) is 1. The second kappa shape index (κ2) is 5.87. The van der Waals surface area contributed by atoms with Crippen molar-refractivity contribution in [3.63, 3.8) is 0 Å². The van der Waals surface area contributed by atoms with Gasteiger partial charge in [-0.05, 0) is 31.6 Å². The molecule has 3 atom stereocenters. The van der Waals surface area contributed by atoms with Crippen molar-refractivity contribution in [2.75, 3.05) is 5.75 Å². The summed E-state index contributed by atoms with van der Waals surface area (Å²) in [4.78, 5) is 0. The Kier molecular flexibility index (Phi) is 4.46. The van der Waals surface area contributed by atoms with Gasteiger partial charge in [-0.3, -0.25) is 0 Å². The van der Waals surface area contributed by atoms with Gasteiger partial charge >= 0.3 is 0 Å². The molecule has 1 aromatic rings. The highest BCUT2D eigenvalue weighted by atomic mass is 32.2. The molecular formula is C14H20FNS. The van der Waals surface area contributed by atoms with Gasteiger partial charge in [0.2, 0.25) is 0 Å². The van der Waals surface area contributed by atoms with E-state index < -0.39 is 0 Å². The lowest BCUT2D eigenvalue weighted by atomic mass is 10.0. The van der Waals surface area contributed by atoms with Gasteiger partial charge in [-0.1, -0.05) is 25.1 Å². The largest absolute Gasteiger partial charge is 0.306 e. The molecule has 0 aromatic heterocycles. The number of rotatable bonds is 3. The molecule has 1 aliphatic heterocycles. The number of benzene rings is 1. The normalized spacial score (nSPS) is 26.8. The van der Waals surface area contributed by atoms with Crippen LogP contribution in [0.5, 0.6) is 0 Å². The van der Waals surface area contributed by atoms with Crippen molar-refractivity contribution in [1.29, 1.82) is 0 Å². The molecule has 17 heavy (non-hydrogen) atoms. The van der Waals surface area contributed by atoms with Crippen LogP contribution in [0.2, 0.25) is 0 Å². The minimum absolute atomic E-state index is 0.0855. The van der Waals surface area contributed by atoms with Crippen LogP contribution in [0.15, 0.2) is 24.3 Å². The maximum absolute atomic E-state index is 13.6. The second-order valence-corrected chi connectivity index (χ2v) is 6.22. The van der Waals surface area contributed by atoms with E-state index in [1.54, 1.807) is 6.07 Å². The summed E-state index contributed by atoms with van der Waals surface area (Å²) in [6, 6.07) is 7.63. The zero-order valence-corrected chi connectivity index (χ0v) is 11.3. The highest BCUT2D eigenvalue weighted by Gasteiger charge is 2.23. The smallest absolute Gasteiger partial charge is 0.127 e. The van der Waals surface area contributed by atoms with E-state index in [4.69, 9.17) is 0 Å². The zero-order valence-electron chi connectivity index (χ0n) is 10.4. The van der Waals surface area contributed by atoms with Gasteiger partial charge in [-0.25, -0.2) is 4.39 Å². The highest BCUT2D eigenvalue weighted by molar-refractivity contribution is 7.99.